The Morgan fingerprint density at radius 3 is 2.87 bits per heavy atom. The number of nitro groups is 1. The van der Waals surface area contributed by atoms with Crippen LogP contribution in [-0.4, -0.2) is 23.9 Å². The van der Waals surface area contributed by atoms with Crippen molar-refractivity contribution in [1.29, 1.82) is 0 Å². The van der Waals surface area contributed by atoms with Gasteiger partial charge in [0.15, 0.2) is 0 Å². The molecule has 6 heteroatoms. The molecule has 0 spiro atoms. The first-order chi connectivity index (χ1) is 11.1. The predicted molar refractivity (Wildman–Crippen MR) is 88.7 cm³/mol. The van der Waals surface area contributed by atoms with Gasteiger partial charge in [0.05, 0.1) is 11.5 Å². The highest BCUT2D eigenvalue weighted by atomic mass is 16.6. The maximum atomic E-state index is 12.5. The number of rotatable bonds is 4. The first kappa shape index (κ1) is 15.0. The number of nitrogens with zero attached hydrogens (tertiary/aromatic N) is 2. The van der Waals surface area contributed by atoms with E-state index in [0.717, 1.165) is 18.5 Å². The smallest absolute Gasteiger partial charge is 0.271 e. The monoisotopic (exact) mass is 311 g/mol. The van der Waals surface area contributed by atoms with Gasteiger partial charge in [0.25, 0.3) is 5.69 Å². The molecule has 1 N–H and O–H groups in total. The lowest BCUT2D eigenvalue weighted by atomic mass is 10.0. The Kier molecular flexibility index (Phi) is 4.23. The summed E-state index contributed by atoms with van der Waals surface area (Å²) in [4.78, 5) is 24.6. The SMILES string of the molecule is O=C(CNc1cccc([N+](=O)[O-])c1)N1CCCc2ccccc21. The van der Waals surface area contributed by atoms with Gasteiger partial charge in [-0.3, -0.25) is 14.9 Å². The van der Waals surface area contributed by atoms with Crippen LogP contribution in [0, 0.1) is 10.1 Å². The average molecular weight is 311 g/mol. The molecule has 1 aliphatic heterocycles. The molecule has 2 aromatic carbocycles. The maximum absolute atomic E-state index is 12.5. The number of carbonyl (C=O) groups is 1. The van der Waals surface area contributed by atoms with Gasteiger partial charge in [-0.15, -0.1) is 0 Å². The maximum Gasteiger partial charge on any atom is 0.271 e. The summed E-state index contributed by atoms with van der Waals surface area (Å²) >= 11 is 0. The number of benzene rings is 2. The molecule has 0 unspecified atom stereocenters. The van der Waals surface area contributed by atoms with Crippen LogP contribution < -0.4 is 10.2 Å². The van der Waals surface area contributed by atoms with Crippen molar-refractivity contribution in [1.82, 2.24) is 0 Å². The van der Waals surface area contributed by atoms with E-state index in [4.69, 9.17) is 0 Å². The Morgan fingerprint density at radius 1 is 1.22 bits per heavy atom. The molecule has 0 aromatic heterocycles. The minimum Gasteiger partial charge on any atom is -0.376 e. The summed E-state index contributed by atoms with van der Waals surface area (Å²) in [6.45, 7) is 0.808. The summed E-state index contributed by atoms with van der Waals surface area (Å²) in [7, 11) is 0. The summed E-state index contributed by atoms with van der Waals surface area (Å²) in [5.41, 5.74) is 2.72. The zero-order valence-corrected chi connectivity index (χ0v) is 12.6. The number of carbonyl (C=O) groups excluding carboxylic acids is 1. The number of nitro benzene ring substituents is 1. The van der Waals surface area contributed by atoms with Gasteiger partial charge in [-0.05, 0) is 30.5 Å². The van der Waals surface area contributed by atoms with E-state index < -0.39 is 4.92 Å². The van der Waals surface area contributed by atoms with Gasteiger partial charge < -0.3 is 10.2 Å². The van der Waals surface area contributed by atoms with Crippen LogP contribution in [0.1, 0.15) is 12.0 Å². The van der Waals surface area contributed by atoms with Crippen molar-refractivity contribution in [3.63, 3.8) is 0 Å². The quantitative estimate of drug-likeness (QED) is 0.695. The second-order valence-electron chi connectivity index (χ2n) is 5.44. The van der Waals surface area contributed by atoms with Gasteiger partial charge in [-0.2, -0.15) is 0 Å². The molecule has 1 heterocycles. The Bertz CT molecular complexity index is 745. The number of amides is 1. The molecule has 0 bridgehead atoms. The van der Waals surface area contributed by atoms with E-state index >= 15 is 0 Å². The number of hydrogen-bond donors (Lipinski definition) is 1. The van der Waals surface area contributed by atoms with Gasteiger partial charge >= 0.3 is 0 Å². The molecule has 23 heavy (non-hydrogen) atoms. The number of fused-ring (bicyclic) bond motifs is 1. The first-order valence-electron chi connectivity index (χ1n) is 7.52. The molecule has 118 valence electrons. The lowest BCUT2D eigenvalue weighted by molar-refractivity contribution is -0.384. The predicted octanol–water partition coefficient (Wildman–Crippen LogP) is 2.99. The second kappa shape index (κ2) is 6.48. The van der Waals surface area contributed by atoms with Crippen LogP contribution in [0.3, 0.4) is 0 Å². The number of para-hydroxylation sites is 1. The summed E-state index contributed by atoms with van der Waals surface area (Å²) in [6.07, 6.45) is 1.93. The van der Waals surface area contributed by atoms with E-state index in [1.54, 1.807) is 17.0 Å². The molecule has 0 saturated heterocycles. The average Bonchev–Trinajstić information content (AvgIpc) is 2.59. The third-order valence-corrected chi connectivity index (χ3v) is 3.91. The normalized spacial score (nSPS) is 13.3. The molecule has 0 fully saturated rings. The van der Waals surface area contributed by atoms with Crippen molar-refractivity contribution in [2.45, 2.75) is 12.8 Å². The fourth-order valence-electron chi connectivity index (χ4n) is 2.80. The minimum absolute atomic E-state index is 0.00534. The summed E-state index contributed by atoms with van der Waals surface area (Å²) < 4.78 is 0. The number of nitrogens with one attached hydrogen (secondary N) is 1. The van der Waals surface area contributed by atoms with Crippen molar-refractivity contribution in [2.75, 3.05) is 23.3 Å². The third-order valence-electron chi connectivity index (χ3n) is 3.91. The van der Waals surface area contributed by atoms with Crippen LogP contribution in [0.15, 0.2) is 48.5 Å². The second-order valence-corrected chi connectivity index (χ2v) is 5.44. The highest BCUT2D eigenvalue weighted by Gasteiger charge is 2.21. The van der Waals surface area contributed by atoms with E-state index in [1.807, 2.05) is 24.3 Å². The molecule has 0 saturated carbocycles. The van der Waals surface area contributed by atoms with E-state index in [2.05, 4.69) is 5.32 Å². The molecule has 0 aliphatic carbocycles. The van der Waals surface area contributed by atoms with Crippen LogP contribution in [-0.2, 0) is 11.2 Å². The molecule has 2 aromatic rings. The number of hydrogen-bond acceptors (Lipinski definition) is 4. The topological polar surface area (TPSA) is 75.5 Å². The zero-order chi connectivity index (χ0) is 16.2. The van der Waals surface area contributed by atoms with E-state index in [1.165, 1.54) is 17.7 Å². The molecule has 0 radical (unpaired) electrons. The van der Waals surface area contributed by atoms with Gasteiger partial charge in [-0.1, -0.05) is 24.3 Å². The highest BCUT2D eigenvalue weighted by Crippen LogP contribution is 2.26. The summed E-state index contributed by atoms with van der Waals surface area (Å²) in [5.74, 6) is -0.0383. The lowest BCUT2D eigenvalue weighted by Gasteiger charge is -2.29. The zero-order valence-electron chi connectivity index (χ0n) is 12.6. The van der Waals surface area contributed by atoms with Crippen molar-refractivity contribution in [3.8, 4) is 0 Å². The lowest BCUT2D eigenvalue weighted by Crippen LogP contribution is -2.39. The van der Waals surface area contributed by atoms with E-state index in [9.17, 15) is 14.9 Å². The molecule has 6 nitrogen and oxygen atoms in total. The molecule has 1 aliphatic rings. The van der Waals surface area contributed by atoms with Crippen LogP contribution in [0.25, 0.3) is 0 Å². The number of aryl methyl sites for hydroxylation is 1. The molecule has 0 atom stereocenters. The fourth-order valence-corrected chi connectivity index (χ4v) is 2.80. The standard InChI is InChI=1S/C17H17N3O3/c21-17(12-18-14-7-3-8-15(11-14)20(22)23)19-10-4-6-13-5-1-2-9-16(13)19/h1-3,5,7-9,11,18H,4,6,10,12H2. The Hall–Kier alpha value is -2.89. The minimum atomic E-state index is -0.451. The van der Waals surface area contributed by atoms with Crippen LogP contribution in [0.5, 0.6) is 0 Å². The van der Waals surface area contributed by atoms with Crippen molar-refractivity contribution < 1.29 is 9.72 Å². The van der Waals surface area contributed by atoms with E-state index in [-0.39, 0.29) is 18.1 Å². The van der Waals surface area contributed by atoms with Crippen molar-refractivity contribution in [3.05, 3.63) is 64.2 Å². The summed E-state index contributed by atoms with van der Waals surface area (Å²) in [5, 5.41) is 13.8. The molecule has 1 amide bonds. The fraction of sp³-hybridized carbons (Fsp3) is 0.235. The molecule has 3 rings (SSSR count). The molecular formula is C17H17N3O3. The van der Waals surface area contributed by atoms with Crippen LogP contribution in [0.2, 0.25) is 0 Å². The Labute approximate surface area is 133 Å². The summed E-state index contributed by atoms with van der Waals surface area (Å²) in [6, 6.07) is 14.1. The molecular weight excluding hydrogens is 294 g/mol. The van der Waals surface area contributed by atoms with Crippen molar-refractivity contribution in [2.24, 2.45) is 0 Å². The van der Waals surface area contributed by atoms with Gasteiger partial charge in [0.2, 0.25) is 5.91 Å². The Balaban J connectivity index is 1.69. The first-order valence-corrected chi connectivity index (χ1v) is 7.52. The number of anilines is 2. The van der Waals surface area contributed by atoms with Gasteiger partial charge in [-0.25, -0.2) is 0 Å². The largest absolute Gasteiger partial charge is 0.376 e. The van der Waals surface area contributed by atoms with Crippen LogP contribution in [0.4, 0.5) is 17.1 Å². The number of non-ortho nitro benzene ring substituents is 1. The van der Waals surface area contributed by atoms with Crippen molar-refractivity contribution >= 4 is 23.0 Å². The third kappa shape index (κ3) is 3.31. The van der Waals surface area contributed by atoms with Crippen LogP contribution >= 0.6 is 0 Å². The highest BCUT2D eigenvalue weighted by molar-refractivity contribution is 5.97. The Morgan fingerprint density at radius 2 is 2.04 bits per heavy atom. The van der Waals surface area contributed by atoms with Gasteiger partial charge in [0.1, 0.15) is 0 Å². The van der Waals surface area contributed by atoms with Gasteiger partial charge in [0, 0.05) is 30.1 Å². The van der Waals surface area contributed by atoms with E-state index in [0.29, 0.717) is 12.2 Å².